The van der Waals surface area contributed by atoms with E-state index in [1.807, 2.05) is 6.07 Å². The van der Waals surface area contributed by atoms with Crippen molar-refractivity contribution in [3.8, 4) is 5.75 Å². The Morgan fingerprint density at radius 1 is 0.944 bits per heavy atom. The van der Waals surface area contributed by atoms with Gasteiger partial charge in [-0.05, 0) is 29.3 Å². The van der Waals surface area contributed by atoms with Crippen LogP contribution >= 0.6 is 0 Å². The summed E-state index contributed by atoms with van der Waals surface area (Å²) in [5, 5.41) is 9.59. The van der Waals surface area contributed by atoms with Crippen LogP contribution in [0.2, 0.25) is 0 Å². The van der Waals surface area contributed by atoms with Crippen LogP contribution in [0.25, 0.3) is 0 Å². The standard InChI is InChI=1S/C14H11F3O/c15-14(16,17)12-6-7-13(18)11(9-12)8-10-4-2-1-3-5-10/h1-7,9,18H,8H2. The molecule has 0 spiro atoms. The Labute approximate surface area is 103 Å². The summed E-state index contributed by atoms with van der Waals surface area (Å²) in [4.78, 5) is 0. The van der Waals surface area contributed by atoms with E-state index in [-0.39, 0.29) is 17.7 Å². The summed E-state index contributed by atoms with van der Waals surface area (Å²) in [6.07, 6.45) is -4.12. The van der Waals surface area contributed by atoms with Gasteiger partial charge in [0.1, 0.15) is 5.75 Å². The van der Waals surface area contributed by atoms with Crippen LogP contribution in [0.15, 0.2) is 48.5 Å². The molecule has 0 unspecified atom stereocenters. The van der Waals surface area contributed by atoms with Crippen molar-refractivity contribution in [1.82, 2.24) is 0 Å². The molecule has 0 radical (unpaired) electrons. The van der Waals surface area contributed by atoms with Crippen molar-refractivity contribution in [2.45, 2.75) is 12.6 Å². The summed E-state index contributed by atoms with van der Waals surface area (Å²) in [7, 11) is 0. The highest BCUT2D eigenvalue weighted by Crippen LogP contribution is 2.32. The molecule has 0 amide bonds. The Morgan fingerprint density at radius 3 is 2.22 bits per heavy atom. The summed E-state index contributed by atoms with van der Waals surface area (Å²) in [5.41, 5.74) is 0.384. The van der Waals surface area contributed by atoms with Gasteiger partial charge in [0.05, 0.1) is 5.56 Å². The number of benzene rings is 2. The Balaban J connectivity index is 2.33. The van der Waals surface area contributed by atoms with E-state index in [1.54, 1.807) is 24.3 Å². The van der Waals surface area contributed by atoms with Crippen molar-refractivity contribution < 1.29 is 18.3 Å². The maximum absolute atomic E-state index is 12.6. The lowest BCUT2D eigenvalue weighted by atomic mass is 10.0. The van der Waals surface area contributed by atoms with Crippen molar-refractivity contribution in [2.24, 2.45) is 0 Å². The van der Waals surface area contributed by atoms with Crippen LogP contribution < -0.4 is 0 Å². The minimum Gasteiger partial charge on any atom is -0.508 e. The summed E-state index contributed by atoms with van der Waals surface area (Å²) in [5.74, 6) is -0.119. The molecule has 1 nitrogen and oxygen atoms in total. The van der Waals surface area contributed by atoms with E-state index < -0.39 is 11.7 Å². The third kappa shape index (κ3) is 2.83. The molecule has 4 heteroatoms. The van der Waals surface area contributed by atoms with E-state index in [0.29, 0.717) is 0 Å². The molecule has 0 aliphatic carbocycles. The highest BCUT2D eigenvalue weighted by molar-refractivity contribution is 5.40. The topological polar surface area (TPSA) is 20.2 Å². The second-order valence-electron chi connectivity index (χ2n) is 4.00. The number of alkyl halides is 3. The molecule has 0 aliphatic heterocycles. The SMILES string of the molecule is Oc1ccc(C(F)(F)F)cc1Cc1ccccc1. The molecule has 0 fully saturated rings. The van der Waals surface area contributed by atoms with E-state index >= 15 is 0 Å². The quantitative estimate of drug-likeness (QED) is 0.856. The lowest BCUT2D eigenvalue weighted by Crippen LogP contribution is -2.05. The molecular formula is C14H11F3O. The van der Waals surface area contributed by atoms with Crippen molar-refractivity contribution >= 4 is 0 Å². The maximum atomic E-state index is 12.6. The molecule has 0 aromatic heterocycles. The van der Waals surface area contributed by atoms with Gasteiger partial charge in [0.15, 0.2) is 0 Å². The molecule has 2 aromatic carbocycles. The normalized spacial score (nSPS) is 11.5. The Kier molecular flexibility index (Phi) is 3.28. The van der Waals surface area contributed by atoms with Gasteiger partial charge in [-0.1, -0.05) is 30.3 Å². The molecule has 94 valence electrons. The number of hydrogen-bond acceptors (Lipinski definition) is 1. The summed E-state index contributed by atoms with van der Waals surface area (Å²) in [6, 6.07) is 12.0. The number of halogens is 3. The maximum Gasteiger partial charge on any atom is 0.416 e. The highest BCUT2D eigenvalue weighted by Gasteiger charge is 2.30. The minimum absolute atomic E-state index is 0.119. The molecule has 2 rings (SSSR count). The van der Waals surface area contributed by atoms with Crippen LogP contribution in [0.1, 0.15) is 16.7 Å². The van der Waals surface area contributed by atoms with E-state index in [9.17, 15) is 18.3 Å². The van der Waals surface area contributed by atoms with Crippen molar-refractivity contribution in [1.29, 1.82) is 0 Å². The second-order valence-corrected chi connectivity index (χ2v) is 4.00. The van der Waals surface area contributed by atoms with Crippen LogP contribution in [-0.2, 0) is 12.6 Å². The Bertz CT molecular complexity index is 532. The third-order valence-electron chi connectivity index (χ3n) is 2.64. The number of rotatable bonds is 2. The van der Waals surface area contributed by atoms with E-state index in [0.717, 1.165) is 23.8 Å². The van der Waals surface area contributed by atoms with Crippen molar-refractivity contribution in [3.05, 3.63) is 65.2 Å². The molecule has 1 N–H and O–H groups in total. The first-order chi connectivity index (χ1) is 8.47. The van der Waals surface area contributed by atoms with Crippen LogP contribution in [0.5, 0.6) is 5.75 Å². The second kappa shape index (κ2) is 4.72. The van der Waals surface area contributed by atoms with Gasteiger partial charge >= 0.3 is 6.18 Å². The molecule has 0 heterocycles. The Morgan fingerprint density at radius 2 is 1.61 bits per heavy atom. The summed E-state index contributed by atoms with van der Waals surface area (Å²) in [6.45, 7) is 0. The highest BCUT2D eigenvalue weighted by atomic mass is 19.4. The smallest absolute Gasteiger partial charge is 0.416 e. The van der Waals surface area contributed by atoms with Crippen molar-refractivity contribution in [2.75, 3.05) is 0 Å². The van der Waals surface area contributed by atoms with Gasteiger partial charge in [-0.3, -0.25) is 0 Å². The fourth-order valence-electron chi connectivity index (χ4n) is 1.72. The Hall–Kier alpha value is -1.97. The first kappa shape index (κ1) is 12.5. The van der Waals surface area contributed by atoms with Gasteiger partial charge in [-0.25, -0.2) is 0 Å². The fraction of sp³-hybridized carbons (Fsp3) is 0.143. The first-order valence-electron chi connectivity index (χ1n) is 5.40. The lowest BCUT2D eigenvalue weighted by Gasteiger charge is -2.10. The van der Waals surface area contributed by atoms with Crippen LogP contribution in [0.4, 0.5) is 13.2 Å². The summed E-state index contributed by atoms with van der Waals surface area (Å²) >= 11 is 0. The third-order valence-corrected chi connectivity index (χ3v) is 2.64. The van der Waals surface area contributed by atoms with Crippen LogP contribution in [-0.4, -0.2) is 5.11 Å². The lowest BCUT2D eigenvalue weighted by molar-refractivity contribution is -0.137. The van der Waals surface area contributed by atoms with Gasteiger partial charge in [0.2, 0.25) is 0 Å². The monoisotopic (exact) mass is 252 g/mol. The van der Waals surface area contributed by atoms with Gasteiger partial charge < -0.3 is 5.11 Å². The van der Waals surface area contributed by atoms with Gasteiger partial charge in [-0.2, -0.15) is 13.2 Å². The molecular weight excluding hydrogens is 241 g/mol. The predicted octanol–water partition coefficient (Wildman–Crippen LogP) is 4.00. The molecule has 0 saturated carbocycles. The van der Waals surface area contributed by atoms with Gasteiger partial charge in [0, 0.05) is 6.42 Å². The number of hydrogen-bond donors (Lipinski definition) is 1. The molecule has 0 saturated heterocycles. The van der Waals surface area contributed by atoms with E-state index in [2.05, 4.69) is 0 Å². The molecule has 2 aromatic rings. The average Bonchev–Trinajstić information content (AvgIpc) is 2.32. The predicted molar refractivity (Wildman–Crippen MR) is 62.4 cm³/mol. The number of phenols is 1. The summed E-state index contributed by atoms with van der Waals surface area (Å²) < 4.78 is 37.7. The van der Waals surface area contributed by atoms with Crippen LogP contribution in [0, 0.1) is 0 Å². The fourth-order valence-corrected chi connectivity index (χ4v) is 1.72. The zero-order valence-corrected chi connectivity index (χ0v) is 9.41. The molecule has 0 atom stereocenters. The van der Waals surface area contributed by atoms with Crippen LogP contribution in [0.3, 0.4) is 0 Å². The molecule has 0 aliphatic rings. The zero-order valence-electron chi connectivity index (χ0n) is 9.41. The van der Waals surface area contributed by atoms with Gasteiger partial charge in [0.25, 0.3) is 0 Å². The zero-order chi connectivity index (χ0) is 13.2. The minimum atomic E-state index is -4.39. The average molecular weight is 252 g/mol. The molecule has 18 heavy (non-hydrogen) atoms. The first-order valence-corrected chi connectivity index (χ1v) is 5.40. The van der Waals surface area contributed by atoms with E-state index in [4.69, 9.17) is 0 Å². The van der Waals surface area contributed by atoms with E-state index in [1.165, 1.54) is 0 Å². The van der Waals surface area contributed by atoms with Gasteiger partial charge in [-0.15, -0.1) is 0 Å². The largest absolute Gasteiger partial charge is 0.508 e. The number of phenolic OH excluding ortho intramolecular Hbond substituents is 1. The number of aromatic hydroxyl groups is 1. The van der Waals surface area contributed by atoms with Crippen molar-refractivity contribution in [3.63, 3.8) is 0 Å². The molecule has 0 bridgehead atoms.